The Morgan fingerprint density at radius 2 is 2.36 bits per heavy atom. The summed E-state index contributed by atoms with van der Waals surface area (Å²) in [5.41, 5.74) is 0.902. The second kappa shape index (κ2) is 3.83. The van der Waals surface area contributed by atoms with Gasteiger partial charge in [0.1, 0.15) is 11.6 Å². The van der Waals surface area contributed by atoms with Crippen molar-refractivity contribution in [2.45, 2.75) is 6.92 Å². The largest absolute Gasteiger partial charge is 0.339 e. The molecule has 0 fully saturated rings. The Hall–Kier alpha value is -1.97. The van der Waals surface area contributed by atoms with Crippen LogP contribution in [0, 0.1) is 13.1 Å². The molecule has 1 N–H and O–H groups in total. The van der Waals surface area contributed by atoms with E-state index in [2.05, 4.69) is 26.5 Å². The van der Waals surface area contributed by atoms with Crippen LogP contribution in [0.1, 0.15) is 5.82 Å². The van der Waals surface area contributed by atoms with Gasteiger partial charge in [0.2, 0.25) is 0 Å². The van der Waals surface area contributed by atoms with Crippen molar-refractivity contribution in [1.29, 1.82) is 0 Å². The zero-order valence-electron chi connectivity index (χ0n) is 7.73. The fourth-order valence-corrected chi connectivity index (χ4v) is 1.07. The van der Waals surface area contributed by atoms with Crippen molar-refractivity contribution in [3.63, 3.8) is 0 Å². The first-order valence-electron chi connectivity index (χ1n) is 4.23. The van der Waals surface area contributed by atoms with Gasteiger partial charge in [-0.2, -0.15) is 0 Å². The maximum atomic E-state index is 4.19. The topological polar surface area (TPSA) is 50.7 Å². The molecule has 2 aromatic heterocycles. The average Bonchev–Trinajstić information content (AvgIpc) is 2.19. The molecule has 0 saturated carbocycles. The van der Waals surface area contributed by atoms with Crippen molar-refractivity contribution in [3.8, 4) is 0 Å². The van der Waals surface area contributed by atoms with Crippen molar-refractivity contribution in [2.24, 2.45) is 0 Å². The number of pyridine rings is 1. The van der Waals surface area contributed by atoms with E-state index in [9.17, 15) is 0 Å². The molecule has 4 heteroatoms. The molecule has 0 spiro atoms. The molecule has 0 atom stereocenters. The summed E-state index contributed by atoms with van der Waals surface area (Å²) in [6, 6.07) is 5.48. The summed E-state index contributed by atoms with van der Waals surface area (Å²) < 4.78 is 0. The molecule has 2 rings (SSSR count). The molecule has 1 radical (unpaired) electrons. The molecule has 2 aromatic rings. The number of anilines is 2. The van der Waals surface area contributed by atoms with Crippen LogP contribution in [-0.4, -0.2) is 15.0 Å². The number of hydrogen-bond acceptors (Lipinski definition) is 4. The van der Waals surface area contributed by atoms with Crippen LogP contribution >= 0.6 is 0 Å². The van der Waals surface area contributed by atoms with Crippen LogP contribution in [0.2, 0.25) is 0 Å². The zero-order chi connectivity index (χ0) is 9.80. The van der Waals surface area contributed by atoms with E-state index in [0.717, 1.165) is 11.5 Å². The third kappa shape index (κ3) is 2.04. The molecule has 0 bridgehead atoms. The summed E-state index contributed by atoms with van der Waals surface area (Å²) in [6.07, 6.45) is 6.21. The highest BCUT2D eigenvalue weighted by molar-refractivity contribution is 5.53. The van der Waals surface area contributed by atoms with Gasteiger partial charge in [0.15, 0.2) is 0 Å². The van der Waals surface area contributed by atoms with E-state index in [-0.39, 0.29) is 0 Å². The van der Waals surface area contributed by atoms with E-state index in [0.29, 0.717) is 5.82 Å². The van der Waals surface area contributed by atoms with Gasteiger partial charge in [0, 0.05) is 12.3 Å². The molecule has 4 nitrogen and oxygen atoms in total. The quantitative estimate of drug-likeness (QED) is 0.774. The summed E-state index contributed by atoms with van der Waals surface area (Å²) in [5, 5.41) is 3.10. The third-order valence-electron chi connectivity index (χ3n) is 1.64. The molecule has 14 heavy (non-hydrogen) atoms. The Morgan fingerprint density at radius 3 is 3.07 bits per heavy atom. The standard InChI is InChI=1S/C10H9N4/c1-8-12-6-4-10(13-8)14-9-3-2-5-11-7-9/h2-5,7H,1H3,(H,12,13,14). The van der Waals surface area contributed by atoms with E-state index >= 15 is 0 Å². The lowest BCUT2D eigenvalue weighted by Crippen LogP contribution is -1.96. The molecule has 0 aliphatic rings. The van der Waals surface area contributed by atoms with Crippen molar-refractivity contribution in [1.82, 2.24) is 15.0 Å². The molecule has 2 heterocycles. The van der Waals surface area contributed by atoms with Gasteiger partial charge < -0.3 is 5.32 Å². The van der Waals surface area contributed by atoms with E-state index in [1.807, 2.05) is 19.1 Å². The predicted octanol–water partition coefficient (Wildman–Crippen LogP) is 1.72. The van der Waals surface area contributed by atoms with Crippen LogP contribution in [-0.2, 0) is 0 Å². The number of nitrogens with one attached hydrogen (secondary N) is 1. The maximum absolute atomic E-state index is 4.19. The van der Waals surface area contributed by atoms with Crippen molar-refractivity contribution in [3.05, 3.63) is 42.6 Å². The first-order chi connectivity index (χ1) is 6.84. The highest BCUT2D eigenvalue weighted by Crippen LogP contribution is 2.11. The lowest BCUT2D eigenvalue weighted by molar-refractivity contribution is 1.05. The van der Waals surface area contributed by atoms with E-state index in [1.54, 1.807) is 18.5 Å². The second-order valence-electron chi connectivity index (χ2n) is 2.80. The predicted molar refractivity (Wildman–Crippen MR) is 53.1 cm³/mol. The second-order valence-corrected chi connectivity index (χ2v) is 2.80. The first-order valence-corrected chi connectivity index (χ1v) is 4.23. The Bertz CT molecular complexity index is 413. The van der Waals surface area contributed by atoms with E-state index in [1.165, 1.54) is 0 Å². The van der Waals surface area contributed by atoms with Crippen molar-refractivity contribution >= 4 is 11.5 Å². The highest BCUT2D eigenvalue weighted by atomic mass is 15.0. The Labute approximate surface area is 82.1 Å². The van der Waals surface area contributed by atoms with Crippen LogP contribution in [0.4, 0.5) is 11.5 Å². The molecule has 69 valence electrons. The number of aryl methyl sites for hydroxylation is 1. The molecular formula is C10H9N4. The Morgan fingerprint density at radius 1 is 1.43 bits per heavy atom. The minimum absolute atomic E-state index is 0.693. The van der Waals surface area contributed by atoms with E-state index in [4.69, 9.17) is 0 Å². The molecular weight excluding hydrogens is 176 g/mol. The molecule has 0 aliphatic carbocycles. The van der Waals surface area contributed by atoms with Crippen LogP contribution < -0.4 is 5.32 Å². The Balaban J connectivity index is 2.19. The first kappa shape index (κ1) is 8.62. The number of aromatic nitrogens is 3. The third-order valence-corrected chi connectivity index (χ3v) is 1.64. The minimum atomic E-state index is 0.693. The fourth-order valence-electron chi connectivity index (χ4n) is 1.07. The fraction of sp³-hybridized carbons (Fsp3) is 0.100. The minimum Gasteiger partial charge on any atom is -0.339 e. The summed E-state index contributed by atoms with van der Waals surface area (Å²) in [7, 11) is 0. The molecule has 0 saturated heterocycles. The summed E-state index contributed by atoms with van der Waals surface area (Å²) in [4.78, 5) is 12.1. The summed E-state index contributed by atoms with van der Waals surface area (Å²) in [5.74, 6) is 1.42. The zero-order valence-corrected chi connectivity index (χ0v) is 7.73. The normalized spacial score (nSPS) is 9.79. The van der Waals surface area contributed by atoms with Crippen LogP contribution in [0.25, 0.3) is 0 Å². The van der Waals surface area contributed by atoms with Gasteiger partial charge >= 0.3 is 0 Å². The van der Waals surface area contributed by atoms with Crippen molar-refractivity contribution in [2.75, 3.05) is 5.32 Å². The molecule has 0 unspecified atom stereocenters. The van der Waals surface area contributed by atoms with Gasteiger partial charge in [0.05, 0.1) is 18.1 Å². The number of rotatable bonds is 2. The SMILES string of the molecule is Cc1n[c]cc(Nc2cccnc2)n1. The monoisotopic (exact) mass is 185 g/mol. The van der Waals surface area contributed by atoms with Gasteiger partial charge in [-0.3, -0.25) is 4.98 Å². The summed E-state index contributed by atoms with van der Waals surface area (Å²) in [6.45, 7) is 1.82. The smallest absolute Gasteiger partial charge is 0.134 e. The number of nitrogens with zero attached hydrogens (tertiary/aromatic N) is 3. The molecule has 0 aliphatic heterocycles. The lowest BCUT2D eigenvalue weighted by atomic mass is 10.4. The molecule has 0 aromatic carbocycles. The highest BCUT2D eigenvalue weighted by Gasteiger charge is 1.95. The lowest BCUT2D eigenvalue weighted by Gasteiger charge is -2.03. The maximum Gasteiger partial charge on any atom is 0.134 e. The van der Waals surface area contributed by atoms with Gasteiger partial charge in [-0.25, -0.2) is 9.97 Å². The number of hydrogen-bond donors (Lipinski definition) is 1. The van der Waals surface area contributed by atoms with Gasteiger partial charge in [0.25, 0.3) is 0 Å². The van der Waals surface area contributed by atoms with Gasteiger partial charge in [-0.05, 0) is 19.1 Å². The van der Waals surface area contributed by atoms with Crippen molar-refractivity contribution < 1.29 is 0 Å². The molecule has 0 amide bonds. The van der Waals surface area contributed by atoms with Crippen LogP contribution in [0.15, 0.2) is 30.6 Å². The van der Waals surface area contributed by atoms with Crippen LogP contribution in [0.3, 0.4) is 0 Å². The van der Waals surface area contributed by atoms with Gasteiger partial charge in [-0.15, -0.1) is 0 Å². The average molecular weight is 185 g/mol. The van der Waals surface area contributed by atoms with E-state index < -0.39 is 0 Å². The summed E-state index contributed by atoms with van der Waals surface area (Å²) >= 11 is 0. The van der Waals surface area contributed by atoms with Gasteiger partial charge in [-0.1, -0.05) is 0 Å². The van der Waals surface area contributed by atoms with Crippen LogP contribution in [0.5, 0.6) is 0 Å². The Kier molecular flexibility index (Phi) is 2.36.